The molecule has 3 saturated heterocycles. The number of piperazine rings is 1. The molecule has 5 heterocycles. The normalized spacial score (nSPS) is 26.1. The highest BCUT2D eigenvalue weighted by molar-refractivity contribution is 5.98. The molecule has 0 amide bonds. The number of benzene rings is 2. The second kappa shape index (κ2) is 10.2. The molecule has 2 aromatic heterocycles. The van der Waals surface area contributed by atoms with Gasteiger partial charge in [-0.05, 0) is 82.0 Å². The summed E-state index contributed by atoms with van der Waals surface area (Å²) >= 11 is 0. The van der Waals surface area contributed by atoms with Crippen molar-refractivity contribution in [3.8, 4) is 22.8 Å². The summed E-state index contributed by atoms with van der Waals surface area (Å²) in [5.74, 6) is 2.07. The predicted octanol–water partition coefficient (Wildman–Crippen LogP) is 5.52. The maximum atomic E-state index is 6.41. The van der Waals surface area contributed by atoms with Crippen LogP contribution in [-0.4, -0.2) is 67.8 Å². The molecule has 2 unspecified atom stereocenters. The molecule has 4 aliphatic rings. The number of fused-ring (bicyclic) bond motifs is 5. The van der Waals surface area contributed by atoms with Crippen molar-refractivity contribution in [2.45, 2.75) is 69.1 Å². The van der Waals surface area contributed by atoms with E-state index in [1.807, 2.05) is 54.6 Å². The first-order chi connectivity index (χ1) is 19.1. The third-order valence-corrected chi connectivity index (χ3v) is 9.19. The molecule has 4 fully saturated rings. The van der Waals surface area contributed by atoms with Gasteiger partial charge in [-0.15, -0.1) is 0 Å². The second-order valence-corrected chi connectivity index (χ2v) is 11.5. The van der Waals surface area contributed by atoms with Gasteiger partial charge in [-0.25, -0.2) is 14.6 Å². The van der Waals surface area contributed by atoms with Crippen molar-refractivity contribution in [1.29, 1.82) is 0 Å². The molecule has 8 rings (SSSR count). The number of anilines is 1. The van der Waals surface area contributed by atoms with Crippen LogP contribution in [0.2, 0.25) is 0 Å². The molecule has 2 bridgehead atoms. The van der Waals surface area contributed by atoms with Gasteiger partial charge in [0.15, 0.2) is 5.65 Å². The Balaban J connectivity index is 1.12. The van der Waals surface area contributed by atoms with Crippen molar-refractivity contribution >= 4 is 16.9 Å². The maximum Gasteiger partial charge on any atom is 0.164 e. The number of hydrogen-bond donors (Lipinski definition) is 1. The minimum absolute atomic E-state index is 0.319. The summed E-state index contributed by atoms with van der Waals surface area (Å²) in [7, 11) is 2.31. The number of hydrogen-bond acceptors (Lipinski definition) is 7. The van der Waals surface area contributed by atoms with Crippen LogP contribution in [0.25, 0.3) is 22.3 Å². The van der Waals surface area contributed by atoms with Gasteiger partial charge in [-0.2, -0.15) is 5.10 Å². The van der Waals surface area contributed by atoms with Crippen LogP contribution >= 0.6 is 0 Å². The fourth-order valence-electron chi connectivity index (χ4n) is 7.12. The summed E-state index contributed by atoms with van der Waals surface area (Å²) in [6, 6.07) is 20.3. The molecule has 0 spiro atoms. The third kappa shape index (κ3) is 4.66. The Morgan fingerprint density at radius 1 is 0.769 bits per heavy atom. The van der Waals surface area contributed by atoms with Crippen molar-refractivity contribution in [2.24, 2.45) is 0 Å². The van der Waals surface area contributed by atoms with Crippen molar-refractivity contribution in [3.05, 3.63) is 60.9 Å². The van der Waals surface area contributed by atoms with Crippen LogP contribution in [0.15, 0.2) is 60.9 Å². The fourth-order valence-corrected chi connectivity index (χ4v) is 7.12. The van der Waals surface area contributed by atoms with Gasteiger partial charge in [0.05, 0.1) is 11.4 Å². The average Bonchev–Trinajstić information content (AvgIpc) is 3.11. The van der Waals surface area contributed by atoms with E-state index in [2.05, 4.69) is 31.5 Å². The van der Waals surface area contributed by atoms with Crippen molar-refractivity contribution in [3.63, 3.8) is 0 Å². The van der Waals surface area contributed by atoms with Gasteiger partial charge in [0.25, 0.3) is 0 Å². The molecule has 202 valence electrons. The zero-order valence-electron chi connectivity index (χ0n) is 22.6. The summed E-state index contributed by atoms with van der Waals surface area (Å²) in [6.07, 6.45) is 10.3. The molecule has 1 saturated carbocycles. The molecule has 0 radical (unpaired) electrons. The smallest absolute Gasteiger partial charge is 0.164 e. The molecule has 39 heavy (non-hydrogen) atoms. The van der Waals surface area contributed by atoms with Crippen LogP contribution in [0.4, 0.5) is 5.82 Å². The highest BCUT2D eigenvalue weighted by atomic mass is 16.5. The number of rotatable bonds is 5. The van der Waals surface area contributed by atoms with Gasteiger partial charge in [-0.3, -0.25) is 4.90 Å². The molecule has 2 atom stereocenters. The van der Waals surface area contributed by atoms with Gasteiger partial charge in [0.2, 0.25) is 0 Å². The van der Waals surface area contributed by atoms with E-state index >= 15 is 0 Å². The zero-order valence-corrected chi connectivity index (χ0v) is 22.6. The number of aromatic nitrogens is 4. The summed E-state index contributed by atoms with van der Waals surface area (Å²) in [5, 5.41) is 5.97. The van der Waals surface area contributed by atoms with E-state index in [0.717, 1.165) is 52.7 Å². The molecule has 2 N–H and O–H groups in total. The quantitative estimate of drug-likeness (QED) is 0.369. The summed E-state index contributed by atoms with van der Waals surface area (Å²) in [5.41, 5.74) is 9.07. The molecule has 8 nitrogen and oxygen atoms in total. The van der Waals surface area contributed by atoms with E-state index in [1.54, 1.807) is 6.33 Å². The van der Waals surface area contributed by atoms with Gasteiger partial charge in [0.1, 0.15) is 29.3 Å². The van der Waals surface area contributed by atoms with E-state index in [9.17, 15) is 0 Å². The number of para-hydroxylation sites is 1. The van der Waals surface area contributed by atoms with Crippen molar-refractivity contribution in [2.75, 3.05) is 25.9 Å². The topological polar surface area (TPSA) is 85.3 Å². The lowest BCUT2D eigenvalue weighted by Gasteiger charge is -2.47. The van der Waals surface area contributed by atoms with E-state index in [-0.39, 0.29) is 0 Å². The van der Waals surface area contributed by atoms with Crippen LogP contribution in [0.1, 0.15) is 51.0 Å². The Morgan fingerprint density at radius 3 is 2.28 bits per heavy atom. The van der Waals surface area contributed by atoms with Gasteiger partial charge in [0, 0.05) is 36.8 Å². The lowest BCUT2D eigenvalue weighted by Crippen LogP contribution is -2.58. The number of likely N-dealkylation sites (N-methyl/N-ethyl adjacent to an activating group) is 1. The first-order valence-electron chi connectivity index (χ1n) is 14.4. The van der Waals surface area contributed by atoms with E-state index in [4.69, 9.17) is 15.6 Å². The van der Waals surface area contributed by atoms with Crippen LogP contribution in [0.3, 0.4) is 0 Å². The monoisotopic (exact) mass is 523 g/mol. The molecular formula is C31H37N7O. The Hall–Kier alpha value is -3.49. The largest absolute Gasteiger partial charge is 0.457 e. The van der Waals surface area contributed by atoms with Crippen LogP contribution in [0.5, 0.6) is 11.5 Å². The maximum absolute atomic E-state index is 6.41. The second-order valence-electron chi connectivity index (χ2n) is 11.5. The molecule has 2 aromatic carbocycles. The Bertz CT molecular complexity index is 1430. The molecule has 1 aliphatic carbocycles. The minimum atomic E-state index is 0.319. The summed E-state index contributed by atoms with van der Waals surface area (Å²) in [4.78, 5) is 14.4. The highest BCUT2D eigenvalue weighted by Crippen LogP contribution is 2.39. The van der Waals surface area contributed by atoms with Gasteiger partial charge >= 0.3 is 0 Å². The third-order valence-electron chi connectivity index (χ3n) is 9.19. The van der Waals surface area contributed by atoms with E-state index in [0.29, 0.717) is 23.9 Å². The molecule has 4 aromatic rings. The lowest BCUT2D eigenvalue weighted by atomic mass is 9.88. The lowest BCUT2D eigenvalue weighted by molar-refractivity contribution is 0.0114. The minimum Gasteiger partial charge on any atom is -0.457 e. The fraction of sp³-hybridized carbons (Fsp3) is 0.452. The van der Waals surface area contributed by atoms with Gasteiger partial charge in [-0.1, -0.05) is 24.6 Å². The summed E-state index contributed by atoms with van der Waals surface area (Å²) < 4.78 is 8.13. The standard InChI is InChI=1S/C31H37N7O/c1-36-18-25-7-5-6-24(36)19-37(25)22-12-14-23(15-13-22)38-31-28(30(32)33-20-34-31)29(35-38)21-10-16-27(17-11-21)39-26-8-3-2-4-9-26/h2-4,8-11,16-17,20,22-25H,5-7,12-15,18-19H2,1H3,(H2,32,33,34)/t22-,23+,24?,25?. The first-order valence-corrected chi connectivity index (χ1v) is 14.4. The highest BCUT2D eigenvalue weighted by Gasteiger charge is 2.39. The van der Waals surface area contributed by atoms with Crippen LogP contribution in [0, 0.1) is 0 Å². The SMILES string of the molecule is CN1CC2CCCC1CN2[C@H]1CC[C@@H](n2nc(-c3ccc(Oc4ccccc4)cc3)c3c(N)ncnc32)CC1. The molecule has 3 aliphatic heterocycles. The number of ether oxygens (including phenoxy) is 1. The Labute approximate surface area is 229 Å². The van der Waals surface area contributed by atoms with Crippen LogP contribution < -0.4 is 10.5 Å². The Morgan fingerprint density at radius 2 is 1.49 bits per heavy atom. The number of nitrogens with two attached hydrogens (primary N) is 1. The van der Waals surface area contributed by atoms with E-state index < -0.39 is 0 Å². The summed E-state index contributed by atoms with van der Waals surface area (Å²) in [6.45, 7) is 2.46. The number of nitrogens with zero attached hydrogens (tertiary/aromatic N) is 6. The Kier molecular flexibility index (Phi) is 6.45. The average molecular weight is 524 g/mol. The van der Waals surface area contributed by atoms with Crippen molar-refractivity contribution < 1.29 is 4.74 Å². The zero-order chi connectivity index (χ0) is 26.3. The predicted molar refractivity (Wildman–Crippen MR) is 154 cm³/mol. The van der Waals surface area contributed by atoms with Crippen LogP contribution in [-0.2, 0) is 0 Å². The van der Waals surface area contributed by atoms with Gasteiger partial charge < -0.3 is 15.4 Å². The first kappa shape index (κ1) is 24.5. The number of nitrogen functional groups attached to an aromatic ring is 1. The molecular weight excluding hydrogens is 486 g/mol. The van der Waals surface area contributed by atoms with Crippen molar-refractivity contribution in [1.82, 2.24) is 29.5 Å². The molecule has 8 heteroatoms. The van der Waals surface area contributed by atoms with E-state index in [1.165, 1.54) is 45.2 Å².